The van der Waals surface area contributed by atoms with Crippen LogP contribution in [0.15, 0.2) is 30.9 Å². The molecule has 1 aromatic carbocycles. The molecule has 4 nitrogen and oxygen atoms in total. The summed E-state index contributed by atoms with van der Waals surface area (Å²) in [5.41, 5.74) is 1.72. The van der Waals surface area contributed by atoms with Crippen LogP contribution in [-0.2, 0) is 15.9 Å². The van der Waals surface area contributed by atoms with Gasteiger partial charge in [-0.15, -0.1) is 12.5 Å². The van der Waals surface area contributed by atoms with E-state index in [2.05, 4.69) is 25.3 Å². The van der Waals surface area contributed by atoms with E-state index in [1.54, 1.807) is 7.11 Å². The molecule has 0 bridgehead atoms. The lowest BCUT2D eigenvalue weighted by atomic mass is 9.98. The Bertz CT molecular complexity index is 667. The minimum absolute atomic E-state index is 0.0570. The predicted octanol–water partition coefficient (Wildman–Crippen LogP) is 5.34. The quantitative estimate of drug-likeness (QED) is 0.292. The van der Waals surface area contributed by atoms with Crippen LogP contribution in [0.25, 0.3) is 0 Å². The van der Waals surface area contributed by atoms with Crippen molar-refractivity contribution in [2.45, 2.75) is 83.2 Å². The predicted molar refractivity (Wildman–Crippen MR) is 117 cm³/mol. The summed E-state index contributed by atoms with van der Waals surface area (Å²) in [6, 6.07) is 5.67. The molecule has 1 unspecified atom stereocenters. The molecule has 0 radical (unpaired) electrons. The van der Waals surface area contributed by atoms with Crippen LogP contribution in [0.3, 0.4) is 0 Å². The van der Waals surface area contributed by atoms with Gasteiger partial charge >= 0.3 is 0 Å². The van der Waals surface area contributed by atoms with Gasteiger partial charge in [-0.1, -0.05) is 50.3 Å². The summed E-state index contributed by atoms with van der Waals surface area (Å²) in [4.78, 5) is 0. The Morgan fingerprint density at radius 2 is 2.21 bits per heavy atom. The van der Waals surface area contributed by atoms with Crippen LogP contribution in [0, 0.1) is 11.8 Å². The highest BCUT2D eigenvalue weighted by Gasteiger charge is 2.20. The van der Waals surface area contributed by atoms with Crippen LogP contribution in [-0.4, -0.2) is 31.2 Å². The summed E-state index contributed by atoms with van der Waals surface area (Å²) in [7, 11) is 1.64. The molecule has 3 atom stereocenters. The third kappa shape index (κ3) is 7.85. The average Bonchev–Trinajstić information content (AvgIpc) is 3.24. The van der Waals surface area contributed by atoms with E-state index < -0.39 is 6.10 Å². The Kier molecular flexibility index (Phi) is 10.9. The Morgan fingerprint density at radius 1 is 1.34 bits per heavy atom. The van der Waals surface area contributed by atoms with E-state index in [9.17, 15) is 5.11 Å². The maximum Gasteiger partial charge on any atom is 0.158 e. The molecule has 0 spiro atoms. The molecule has 160 valence electrons. The molecule has 0 aromatic heterocycles. The van der Waals surface area contributed by atoms with Crippen LogP contribution in [0.1, 0.15) is 75.5 Å². The van der Waals surface area contributed by atoms with E-state index in [1.165, 1.54) is 19.3 Å². The first-order chi connectivity index (χ1) is 14.2. The molecule has 1 aliphatic heterocycles. The summed E-state index contributed by atoms with van der Waals surface area (Å²) < 4.78 is 17.2. The number of benzene rings is 1. The van der Waals surface area contributed by atoms with Crippen molar-refractivity contribution in [3.05, 3.63) is 42.0 Å². The van der Waals surface area contributed by atoms with E-state index in [1.807, 2.05) is 24.3 Å². The fourth-order valence-corrected chi connectivity index (χ4v) is 3.65. The van der Waals surface area contributed by atoms with Gasteiger partial charge in [0.15, 0.2) is 6.29 Å². The van der Waals surface area contributed by atoms with E-state index in [-0.39, 0.29) is 12.4 Å². The number of allylic oxidation sites excluding steroid dienone is 1. The number of aliphatic hydroxyl groups is 1. The highest BCUT2D eigenvalue weighted by molar-refractivity contribution is 5.44. The maximum atomic E-state index is 10.6. The summed E-state index contributed by atoms with van der Waals surface area (Å²) in [6.07, 6.45) is 9.96. The minimum Gasteiger partial charge on any atom is -0.496 e. The van der Waals surface area contributed by atoms with Gasteiger partial charge in [0.2, 0.25) is 0 Å². The van der Waals surface area contributed by atoms with Crippen molar-refractivity contribution in [1.29, 1.82) is 0 Å². The van der Waals surface area contributed by atoms with Crippen molar-refractivity contribution < 1.29 is 19.3 Å². The average molecular weight is 401 g/mol. The van der Waals surface area contributed by atoms with E-state index >= 15 is 0 Å². The number of rotatable bonds is 12. The van der Waals surface area contributed by atoms with Gasteiger partial charge in [0, 0.05) is 25.0 Å². The topological polar surface area (TPSA) is 47.9 Å². The number of unbranched alkanes of at least 4 members (excludes halogenated alkanes) is 2. The first-order valence-corrected chi connectivity index (χ1v) is 10.9. The van der Waals surface area contributed by atoms with Crippen LogP contribution in [0.4, 0.5) is 0 Å². The van der Waals surface area contributed by atoms with Gasteiger partial charge in [-0.05, 0) is 37.3 Å². The largest absolute Gasteiger partial charge is 0.496 e. The number of hydrogen-bond acceptors (Lipinski definition) is 4. The van der Waals surface area contributed by atoms with Crippen LogP contribution < -0.4 is 4.74 Å². The summed E-state index contributed by atoms with van der Waals surface area (Å²) >= 11 is 0. The van der Waals surface area contributed by atoms with E-state index in [0.29, 0.717) is 12.8 Å². The van der Waals surface area contributed by atoms with Gasteiger partial charge < -0.3 is 19.3 Å². The molecule has 0 aliphatic carbocycles. The van der Waals surface area contributed by atoms with Gasteiger partial charge in [0.25, 0.3) is 0 Å². The second-order valence-corrected chi connectivity index (χ2v) is 7.48. The highest BCUT2D eigenvalue weighted by Crippen LogP contribution is 2.27. The number of hydrogen-bond donors (Lipinski definition) is 1. The van der Waals surface area contributed by atoms with Crippen molar-refractivity contribution in [2.75, 3.05) is 13.7 Å². The van der Waals surface area contributed by atoms with Crippen molar-refractivity contribution in [3.8, 4) is 17.6 Å². The zero-order valence-corrected chi connectivity index (χ0v) is 18.0. The highest BCUT2D eigenvalue weighted by atomic mass is 16.7. The second kappa shape index (κ2) is 13.4. The fourth-order valence-electron chi connectivity index (χ4n) is 3.65. The fraction of sp³-hybridized carbons (Fsp3) is 0.600. The molecule has 1 N–H and O–H groups in total. The summed E-state index contributed by atoms with van der Waals surface area (Å²) in [5.74, 6) is 6.90. The van der Waals surface area contributed by atoms with Crippen molar-refractivity contribution in [1.82, 2.24) is 0 Å². The molecule has 1 aliphatic rings. The summed E-state index contributed by atoms with van der Waals surface area (Å²) in [5, 5.41) is 10.6. The zero-order valence-electron chi connectivity index (χ0n) is 18.0. The summed E-state index contributed by atoms with van der Waals surface area (Å²) in [6.45, 7) is 6.81. The monoisotopic (exact) mass is 400 g/mol. The smallest absolute Gasteiger partial charge is 0.158 e. The number of aliphatic hydroxyl groups excluding tert-OH is 1. The van der Waals surface area contributed by atoms with Gasteiger partial charge in [-0.2, -0.15) is 0 Å². The Balaban J connectivity index is 1.94. The molecule has 1 aromatic rings. The molecular weight excluding hydrogens is 364 g/mol. The molecular formula is C25H36O4. The SMILES string of the molecule is C=CCc1c(OC)cccc1[C@@H](O)C#CCC[C@H](CCCCC)OC1CCCO1. The molecule has 0 amide bonds. The number of methoxy groups -OCH3 is 1. The third-order valence-electron chi connectivity index (χ3n) is 5.22. The van der Waals surface area contributed by atoms with Crippen LogP contribution in [0.2, 0.25) is 0 Å². The van der Waals surface area contributed by atoms with Crippen LogP contribution >= 0.6 is 0 Å². The first kappa shape index (κ1) is 23.5. The second-order valence-electron chi connectivity index (χ2n) is 7.48. The van der Waals surface area contributed by atoms with Crippen LogP contribution in [0.5, 0.6) is 5.75 Å². The molecule has 1 fully saturated rings. The van der Waals surface area contributed by atoms with E-state index in [4.69, 9.17) is 14.2 Å². The molecule has 1 saturated heterocycles. The Labute approximate surface area is 176 Å². The van der Waals surface area contributed by atoms with Crippen molar-refractivity contribution in [3.63, 3.8) is 0 Å². The van der Waals surface area contributed by atoms with Gasteiger partial charge in [0.1, 0.15) is 11.9 Å². The lowest BCUT2D eigenvalue weighted by Crippen LogP contribution is -2.21. The molecule has 4 heteroatoms. The van der Waals surface area contributed by atoms with E-state index in [0.717, 1.165) is 49.2 Å². The van der Waals surface area contributed by atoms with Gasteiger partial charge in [0.05, 0.1) is 13.2 Å². The minimum atomic E-state index is -0.835. The first-order valence-electron chi connectivity index (χ1n) is 10.9. The lowest BCUT2D eigenvalue weighted by molar-refractivity contribution is -0.147. The third-order valence-corrected chi connectivity index (χ3v) is 5.22. The van der Waals surface area contributed by atoms with Gasteiger partial charge in [-0.25, -0.2) is 0 Å². The maximum absolute atomic E-state index is 10.6. The molecule has 2 rings (SSSR count). The lowest BCUT2D eigenvalue weighted by Gasteiger charge is -2.21. The van der Waals surface area contributed by atoms with Crippen molar-refractivity contribution in [2.24, 2.45) is 0 Å². The number of ether oxygens (including phenoxy) is 3. The molecule has 0 saturated carbocycles. The van der Waals surface area contributed by atoms with Gasteiger partial charge in [-0.3, -0.25) is 0 Å². The standard InChI is InChI=1S/C25H36O4/c1-4-6-7-13-20(29-25-18-11-19-28-25)14-8-9-16-23(26)21-15-10-17-24(27-3)22(21)12-5-2/h5,10,15,17,20,23,25-26H,2,4,6-8,11-14,18-19H2,1,3H3/t20-,23-,25?/m0/s1. The normalized spacial score (nSPS) is 18.0. The Hall–Kier alpha value is -1.80. The molecule has 1 heterocycles. The molecule has 29 heavy (non-hydrogen) atoms. The van der Waals surface area contributed by atoms with Crippen molar-refractivity contribution >= 4 is 0 Å². The zero-order chi connectivity index (χ0) is 20.9. The Morgan fingerprint density at radius 3 is 2.90 bits per heavy atom.